The van der Waals surface area contributed by atoms with E-state index >= 15 is 0 Å². The second-order valence-electron chi connectivity index (χ2n) is 23.8. The third-order valence-corrected chi connectivity index (χ3v) is 15.6. The maximum Gasteiger partial charge on any atom is 0.306 e. The Balaban J connectivity index is 4.16. The van der Waals surface area contributed by atoms with E-state index in [1.54, 1.807) is 0 Å². The van der Waals surface area contributed by atoms with Crippen molar-refractivity contribution in [2.75, 3.05) is 13.2 Å². The van der Waals surface area contributed by atoms with Gasteiger partial charge in [0.1, 0.15) is 13.2 Å². The smallest absolute Gasteiger partial charge is 0.306 e. The topological polar surface area (TPSA) is 78.9 Å². The SMILES string of the molecule is CC/C=C\C/C=C\C/C=C\C/C=C\C/C=C\C/C=C\CCCCCCCCCCCCCCCCCCC(=O)OCC(COC(=O)CCCCCCC/C=C\C/C=C\CCCC)OC(=O)CCCCCCCCCCCCCCCCCC. The lowest BCUT2D eigenvalue weighted by molar-refractivity contribution is -0.167. The number of hydrogen-bond acceptors (Lipinski definition) is 6. The van der Waals surface area contributed by atoms with E-state index in [4.69, 9.17) is 14.2 Å². The number of ether oxygens (including phenoxy) is 3. The Morgan fingerprint density at radius 1 is 0.253 bits per heavy atom. The molecule has 0 aliphatic rings. The highest BCUT2D eigenvalue weighted by atomic mass is 16.6. The van der Waals surface area contributed by atoms with Crippen molar-refractivity contribution < 1.29 is 28.6 Å². The number of rotatable bonds is 65. The zero-order valence-electron chi connectivity index (χ0n) is 54.9. The molecule has 0 amide bonds. The predicted octanol–water partition coefficient (Wildman–Crippen LogP) is 24.8. The second-order valence-corrected chi connectivity index (χ2v) is 23.8. The normalized spacial score (nSPS) is 12.7. The first-order chi connectivity index (χ1) is 41.0. The molecule has 0 saturated carbocycles. The highest BCUT2D eigenvalue weighted by molar-refractivity contribution is 5.71. The van der Waals surface area contributed by atoms with E-state index in [9.17, 15) is 14.4 Å². The van der Waals surface area contributed by atoms with Crippen molar-refractivity contribution >= 4 is 17.9 Å². The standard InChI is InChI=1S/C77H134O6/c1-4-7-10-13-16-19-22-25-28-30-31-32-33-34-35-36-37-38-39-40-41-42-43-44-45-46-47-48-50-52-55-58-61-64-67-70-76(79)82-73-74(72-81-75(78)69-66-63-60-57-54-51-27-24-21-18-15-12-9-6-3)83-77(80)71-68-65-62-59-56-53-49-29-26-23-20-17-14-11-8-5-2/h7,10,15-16,18-19,24-25,27-28,31-32,34-35,37-38,74H,4-6,8-9,11-14,17,20-23,26,29-30,33,36,39-73H2,1-3H3/b10-7-,18-15-,19-16-,27-24-,28-25-,32-31-,35-34-,38-37-. The lowest BCUT2D eigenvalue weighted by atomic mass is 10.0. The summed E-state index contributed by atoms with van der Waals surface area (Å²) in [7, 11) is 0. The van der Waals surface area contributed by atoms with Crippen LogP contribution in [0, 0.1) is 0 Å². The Bertz CT molecular complexity index is 1610. The number of hydrogen-bond donors (Lipinski definition) is 0. The average Bonchev–Trinajstić information content (AvgIpc) is 3.49. The first-order valence-electron chi connectivity index (χ1n) is 35.7. The van der Waals surface area contributed by atoms with Gasteiger partial charge in [-0.25, -0.2) is 0 Å². The van der Waals surface area contributed by atoms with E-state index in [1.807, 2.05) is 0 Å². The van der Waals surface area contributed by atoms with Crippen molar-refractivity contribution in [1.29, 1.82) is 0 Å². The summed E-state index contributed by atoms with van der Waals surface area (Å²) in [6.45, 7) is 6.52. The van der Waals surface area contributed by atoms with E-state index in [2.05, 4.69) is 118 Å². The van der Waals surface area contributed by atoms with Crippen LogP contribution in [-0.2, 0) is 28.6 Å². The van der Waals surface area contributed by atoms with Crippen LogP contribution in [0.4, 0.5) is 0 Å². The largest absolute Gasteiger partial charge is 0.462 e. The molecule has 0 fully saturated rings. The molecule has 0 spiro atoms. The second kappa shape index (κ2) is 70.8. The van der Waals surface area contributed by atoms with Crippen molar-refractivity contribution in [3.8, 4) is 0 Å². The third-order valence-electron chi connectivity index (χ3n) is 15.6. The van der Waals surface area contributed by atoms with Crippen molar-refractivity contribution in [2.24, 2.45) is 0 Å². The van der Waals surface area contributed by atoms with E-state index in [0.717, 1.165) is 116 Å². The van der Waals surface area contributed by atoms with Crippen LogP contribution in [0.2, 0.25) is 0 Å². The monoisotopic (exact) mass is 1160 g/mol. The fourth-order valence-corrected chi connectivity index (χ4v) is 10.2. The zero-order valence-corrected chi connectivity index (χ0v) is 54.9. The zero-order chi connectivity index (χ0) is 59.9. The minimum atomic E-state index is -0.781. The van der Waals surface area contributed by atoms with Crippen molar-refractivity contribution in [3.05, 3.63) is 97.2 Å². The number of allylic oxidation sites excluding steroid dienone is 16. The molecule has 0 aromatic carbocycles. The molecule has 478 valence electrons. The third kappa shape index (κ3) is 69.0. The van der Waals surface area contributed by atoms with E-state index < -0.39 is 6.10 Å². The van der Waals surface area contributed by atoms with Gasteiger partial charge < -0.3 is 14.2 Å². The van der Waals surface area contributed by atoms with Gasteiger partial charge in [-0.05, 0) is 96.3 Å². The van der Waals surface area contributed by atoms with Gasteiger partial charge in [0.05, 0.1) is 0 Å². The Hall–Kier alpha value is -3.67. The quantitative estimate of drug-likeness (QED) is 0.0261. The minimum Gasteiger partial charge on any atom is -0.462 e. The van der Waals surface area contributed by atoms with Gasteiger partial charge in [-0.1, -0.05) is 336 Å². The molecule has 0 aliphatic heterocycles. The molecule has 1 unspecified atom stereocenters. The summed E-state index contributed by atoms with van der Waals surface area (Å²) in [5.41, 5.74) is 0. The van der Waals surface area contributed by atoms with Crippen molar-refractivity contribution in [3.63, 3.8) is 0 Å². The molecule has 0 N–H and O–H groups in total. The van der Waals surface area contributed by atoms with Crippen LogP contribution < -0.4 is 0 Å². The molecular formula is C77H134O6. The summed E-state index contributed by atoms with van der Waals surface area (Å²) in [4.78, 5) is 38.4. The Morgan fingerprint density at radius 3 is 0.771 bits per heavy atom. The molecule has 0 rings (SSSR count). The molecular weight excluding hydrogens is 1020 g/mol. The van der Waals surface area contributed by atoms with Crippen LogP contribution in [0.3, 0.4) is 0 Å². The molecule has 0 aliphatic carbocycles. The van der Waals surface area contributed by atoms with E-state index in [-0.39, 0.29) is 31.1 Å². The highest BCUT2D eigenvalue weighted by Crippen LogP contribution is 2.18. The van der Waals surface area contributed by atoms with Crippen LogP contribution in [0.5, 0.6) is 0 Å². The van der Waals surface area contributed by atoms with Crippen LogP contribution >= 0.6 is 0 Å². The molecule has 0 heterocycles. The molecule has 6 heteroatoms. The van der Waals surface area contributed by atoms with Gasteiger partial charge in [0, 0.05) is 19.3 Å². The van der Waals surface area contributed by atoms with Gasteiger partial charge in [-0.2, -0.15) is 0 Å². The lowest BCUT2D eigenvalue weighted by Gasteiger charge is -2.18. The maximum absolute atomic E-state index is 12.9. The molecule has 0 aromatic rings. The Morgan fingerprint density at radius 2 is 0.482 bits per heavy atom. The van der Waals surface area contributed by atoms with Crippen LogP contribution in [0.25, 0.3) is 0 Å². The number of esters is 3. The fourth-order valence-electron chi connectivity index (χ4n) is 10.2. The fraction of sp³-hybridized carbons (Fsp3) is 0.753. The summed E-state index contributed by atoms with van der Waals surface area (Å²) in [6, 6.07) is 0. The molecule has 0 saturated heterocycles. The molecule has 0 bridgehead atoms. The van der Waals surface area contributed by atoms with Crippen LogP contribution in [-0.4, -0.2) is 37.2 Å². The molecule has 1 atom stereocenters. The number of carbonyl (C=O) groups excluding carboxylic acids is 3. The van der Waals surface area contributed by atoms with Gasteiger partial charge in [-0.3, -0.25) is 14.4 Å². The van der Waals surface area contributed by atoms with E-state index in [1.165, 1.54) is 199 Å². The summed E-state index contributed by atoms with van der Waals surface area (Å²) >= 11 is 0. The summed E-state index contributed by atoms with van der Waals surface area (Å²) < 4.78 is 17.0. The molecule has 6 nitrogen and oxygen atoms in total. The Kier molecular flexibility index (Phi) is 67.7. The highest BCUT2D eigenvalue weighted by Gasteiger charge is 2.19. The van der Waals surface area contributed by atoms with Gasteiger partial charge in [0.15, 0.2) is 6.10 Å². The molecule has 83 heavy (non-hydrogen) atoms. The summed E-state index contributed by atoms with van der Waals surface area (Å²) in [6.07, 6.45) is 95.8. The van der Waals surface area contributed by atoms with E-state index in [0.29, 0.717) is 19.3 Å². The molecule has 0 aromatic heterocycles. The summed E-state index contributed by atoms with van der Waals surface area (Å²) in [5, 5.41) is 0. The van der Waals surface area contributed by atoms with Gasteiger partial charge in [0.2, 0.25) is 0 Å². The van der Waals surface area contributed by atoms with Crippen LogP contribution in [0.15, 0.2) is 97.2 Å². The Labute approximate surface area is 515 Å². The first kappa shape index (κ1) is 79.3. The minimum absolute atomic E-state index is 0.0767. The summed E-state index contributed by atoms with van der Waals surface area (Å²) in [5.74, 6) is -0.872. The maximum atomic E-state index is 12.9. The average molecular weight is 1160 g/mol. The molecule has 0 radical (unpaired) electrons. The lowest BCUT2D eigenvalue weighted by Crippen LogP contribution is -2.30. The number of carbonyl (C=O) groups is 3. The van der Waals surface area contributed by atoms with Gasteiger partial charge in [-0.15, -0.1) is 0 Å². The van der Waals surface area contributed by atoms with Crippen molar-refractivity contribution in [2.45, 2.75) is 361 Å². The van der Waals surface area contributed by atoms with Gasteiger partial charge in [0.25, 0.3) is 0 Å². The number of unbranched alkanes of at least 4 members (excludes halogenated alkanes) is 38. The van der Waals surface area contributed by atoms with Gasteiger partial charge >= 0.3 is 17.9 Å². The predicted molar refractivity (Wildman–Crippen MR) is 362 cm³/mol. The first-order valence-corrected chi connectivity index (χ1v) is 35.7. The van der Waals surface area contributed by atoms with Crippen molar-refractivity contribution in [1.82, 2.24) is 0 Å². The van der Waals surface area contributed by atoms with Crippen LogP contribution in [0.1, 0.15) is 355 Å².